The maximum absolute atomic E-state index is 5.86. The zero-order valence-corrected chi connectivity index (χ0v) is 14.8. The molecular weight excluding hydrogens is 336 g/mol. The van der Waals surface area contributed by atoms with Crippen molar-refractivity contribution in [3.8, 4) is 23.1 Å². The maximum atomic E-state index is 5.86. The van der Waals surface area contributed by atoms with Crippen molar-refractivity contribution in [3.05, 3.63) is 42.7 Å². The van der Waals surface area contributed by atoms with E-state index in [1.54, 1.807) is 38.5 Å². The lowest BCUT2D eigenvalue weighted by molar-refractivity contribution is 0.144. The minimum atomic E-state index is 0. The molecule has 0 unspecified atom stereocenters. The molecule has 0 radical (unpaired) electrons. The van der Waals surface area contributed by atoms with E-state index in [1.165, 1.54) is 6.33 Å². The fourth-order valence-corrected chi connectivity index (χ4v) is 2.32. The molecule has 0 fully saturated rings. The largest absolute Gasteiger partial charge is 0.493 e. The quantitative estimate of drug-likeness (QED) is 0.487. The smallest absolute Gasteiger partial charge is 0.230 e. The number of anilines is 1. The SMILES string of the molecule is COCCOc1cc2ncnc(Oc3cccc(N)c3)c2cc1OC.N. The van der Waals surface area contributed by atoms with Crippen molar-refractivity contribution in [2.45, 2.75) is 0 Å². The highest BCUT2D eigenvalue weighted by Gasteiger charge is 2.13. The van der Waals surface area contributed by atoms with Gasteiger partial charge in [0.25, 0.3) is 0 Å². The van der Waals surface area contributed by atoms with Gasteiger partial charge in [0.2, 0.25) is 5.88 Å². The summed E-state index contributed by atoms with van der Waals surface area (Å²) in [4.78, 5) is 8.50. The maximum Gasteiger partial charge on any atom is 0.230 e. The van der Waals surface area contributed by atoms with Crippen molar-refractivity contribution in [1.82, 2.24) is 16.1 Å². The van der Waals surface area contributed by atoms with E-state index in [9.17, 15) is 0 Å². The van der Waals surface area contributed by atoms with Crippen LogP contribution in [0.15, 0.2) is 42.7 Å². The molecule has 8 nitrogen and oxygen atoms in total. The van der Waals surface area contributed by atoms with Crippen molar-refractivity contribution >= 4 is 16.6 Å². The number of nitrogens with two attached hydrogens (primary N) is 1. The van der Waals surface area contributed by atoms with Crippen molar-refractivity contribution in [1.29, 1.82) is 0 Å². The van der Waals surface area contributed by atoms with Crippen LogP contribution in [-0.2, 0) is 4.74 Å². The van der Waals surface area contributed by atoms with E-state index in [-0.39, 0.29) is 6.15 Å². The van der Waals surface area contributed by atoms with Gasteiger partial charge in [0, 0.05) is 24.9 Å². The van der Waals surface area contributed by atoms with E-state index in [4.69, 9.17) is 24.7 Å². The number of rotatable bonds is 7. The summed E-state index contributed by atoms with van der Waals surface area (Å²) < 4.78 is 22.0. The predicted octanol–water partition coefficient (Wildman–Crippen LogP) is 3.20. The van der Waals surface area contributed by atoms with Gasteiger partial charge in [-0.1, -0.05) is 6.07 Å². The third-order valence-electron chi connectivity index (χ3n) is 3.50. The molecule has 0 atom stereocenters. The van der Waals surface area contributed by atoms with Gasteiger partial charge in [-0.2, -0.15) is 0 Å². The van der Waals surface area contributed by atoms with E-state index in [0.717, 1.165) is 0 Å². The lowest BCUT2D eigenvalue weighted by Crippen LogP contribution is -2.05. The van der Waals surface area contributed by atoms with E-state index < -0.39 is 0 Å². The molecule has 2 aromatic carbocycles. The zero-order chi connectivity index (χ0) is 17.6. The monoisotopic (exact) mass is 358 g/mol. The van der Waals surface area contributed by atoms with Gasteiger partial charge >= 0.3 is 0 Å². The Balaban J connectivity index is 0.00000243. The third-order valence-corrected chi connectivity index (χ3v) is 3.50. The van der Waals surface area contributed by atoms with Crippen molar-refractivity contribution in [2.75, 3.05) is 33.2 Å². The average Bonchev–Trinajstić information content (AvgIpc) is 2.61. The Kier molecular flexibility index (Phi) is 6.54. The van der Waals surface area contributed by atoms with Gasteiger partial charge in [-0.05, 0) is 18.2 Å². The van der Waals surface area contributed by atoms with Crippen LogP contribution in [0.4, 0.5) is 5.69 Å². The van der Waals surface area contributed by atoms with Gasteiger partial charge in [-0.3, -0.25) is 0 Å². The van der Waals surface area contributed by atoms with E-state index in [1.807, 2.05) is 12.1 Å². The molecule has 0 amide bonds. The van der Waals surface area contributed by atoms with Crippen LogP contribution in [0.2, 0.25) is 0 Å². The Morgan fingerprint density at radius 2 is 1.85 bits per heavy atom. The Labute approximate surface area is 151 Å². The van der Waals surface area contributed by atoms with Crippen LogP contribution in [0, 0.1) is 0 Å². The molecule has 3 rings (SSSR count). The van der Waals surface area contributed by atoms with E-state index in [0.29, 0.717) is 52.9 Å². The first-order chi connectivity index (χ1) is 12.2. The Morgan fingerprint density at radius 1 is 1.00 bits per heavy atom. The van der Waals surface area contributed by atoms with Gasteiger partial charge < -0.3 is 30.8 Å². The molecule has 3 aromatic rings. The van der Waals surface area contributed by atoms with Crippen LogP contribution in [0.3, 0.4) is 0 Å². The van der Waals surface area contributed by atoms with Gasteiger partial charge in [0.15, 0.2) is 11.5 Å². The highest BCUT2D eigenvalue weighted by Crippen LogP contribution is 2.36. The second kappa shape index (κ2) is 8.84. The van der Waals surface area contributed by atoms with Crippen LogP contribution in [0.25, 0.3) is 10.9 Å². The highest BCUT2D eigenvalue weighted by atomic mass is 16.5. The van der Waals surface area contributed by atoms with E-state index in [2.05, 4.69) is 9.97 Å². The molecule has 8 heteroatoms. The highest BCUT2D eigenvalue weighted by molar-refractivity contribution is 5.87. The molecule has 0 aliphatic heterocycles. The fourth-order valence-electron chi connectivity index (χ4n) is 2.32. The normalized spacial score (nSPS) is 10.2. The van der Waals surface area contributed by atoms with Crippen molar-refractivity contribution in [3.63, 3.8) is 0 Å². The Morgan fingerprint density at radius 3 is 2.58 bits per heavy atom. The molecule has 0 saturated carbocycles. The topological polar surface area (TPSA) is 124 Å². The van der Waals surface area contributed by atoms with Crippen molar-refractivity contribution in [2.24, 2.45) is 0 Å². The molecule has 0 saturated heterocycles. The van der Waals surface area contributed by atoms with Crippen LogP contribution in [0.1, 0.15) is 0 Å². The van der Waals surface area contributed by atoms with Crippen LogP contribution in [-0.4, -0.2) is 37.4 Å². The van der Waals surface area contributed by atoms with Crippen LogP contribution < -0.4 is 26.1 Å². The molecule has 138 valence electrons. The van der Waals surface area contributed by atoms with Crippen LogP contribution >= 0.6 is 0 Å². The van der Waals surface area contributed by atoms with Crippen molar-refractivity contribution < 1.29 is 18.9 Å². The number of nitrogens with zero attached hydrogens (tertiary/aromatic N) is 2. The Bertz CT molecular complexity index is 873. The molecule has 26 heavy (non-hydrogen) atoms. The number of benzene rings is 2. The predicted molar refractivity (Wildman–Crippen MR) is 99.4 cm³/mol. The van der Waals surface area contributed by atoms with E-state index >= 15 is 0 Å². The minimum absolute atomic E-state index is 0. The summed E-state index contributed by atoms with van der Waals surface area (Å²) in [6, 6.07) is 10.7. The molecule has 1 aromatic heterocycles. The summed E-state index contributed by atoms with van der Waals surface area (Å²) in [5, 5.41) is 0.709. The van der Waals surface area contributed by atoms with Gasteiger partial charge in [0.1, 0.15) is 18.7 Å². The number of fused-ring (bicyclic) bond motifs is 1. The Hall–Kier alpha value is -3.10. The second-order valence-electron chi connectivity index (χ2n) is 5.21. The number of aromatic nitrogens is 2. The molecule has 0 aliphatic rings. The summed E-state index contributed by atoms with van der Waals surface area (Å²) in [7, 11) is 3.20. The first-order valence-electron chi connectivity index (χ1n) is 7.69. The number of hydrogen-bond acceptors (Lipinski definition) is 8. The second-order valence-corrected chi connectivity index (χ2v) is 5.21. The van der Waals surface area contributed by atoms with Gasteiger partial charge in [-0.15, -0.1) is 0 Å². The van der Waals surface area contributed by atoms with Crippen LogP contribution in [0.5, 0.6) is 23.1 Å². The summed E-state index contributed by atoms with van der Waals surface area (Å²) in [5.74, 6) is 2.16. The average molecular weight is 358 g/mol. The molecule has 5 N–H and O–H groups in total. The zero-order valence-electron chi connectivity index (χ0n) is 14.8. The van der Waals surface area contributed by atoms with Gasteiger partial charge in [0.05, 0.1) is 24.6 Å². The molecule has 1 heterocycles. The molecule has 0 spiro atoms. The lowest BCUT2D eigenvalue weighted by atomic mass is 10.2. The first kappa shape index (κ1) is 19.2. The molecular formula is C18H22N4O4. The lowest BCUT2D eigenvalue weighted by Gasteiger charge is -2.13. The molecule has 0 bridgehead atoms. The molecule has 0 aliphatic carbocycles. The summed E-state index contributed by atoms with van der Waals surface area (Å²) in [6.45, 7) is 0.894. The number of nitrogen functional groups attached to an aromatic ring is 1. The number of ether oxygens (including phenoxy) is 4. The fraction of sp³-hybridized carbons (Fsp3) is 0.222. The summed E-state index contributed by atoms with van der Waals surface area (Å²) >= 11 is 0. The van der Waals surface area contributed by atoms with Gasteiger partial charge in [-0.25, -0.2) is 9.97 Å². The number of methoxy groups -OCH3 is 2. The summed E-state index contributed by atoms with van der Waals surface area (Å²) in [5.41, 5.74) is 7.08. The third kappa shape index (κ3) is 4.29. The standard InChI is InChI=1S/C18H19N3O4.H3N/c1-22-6-7-24-17-10-15-14(9-16(17)23-2)18(21-11-20-15)25-13-5-3-4-12(19)8-13;/h3-5,8-11H,6-7,19H2,1-2H3;1H3. The first-order valence-corrected chi connectivity index (χ1v) is 7.69. The number of hydrogen-bond donors (Lipinski definition) is 2. The minimum Gasteiger partial charge on any atom is -0.493 e. The summed E-state index contributed by atoms with van der Waals surface area (Å²) in [6.07, 6.45) is 1.44.